The summed E-state index contributed by atoms with van der Waals surface area (Å²) >= 11 is 7.95. The van der Waals surface area contributed by atoms with Gasteiger partial charge in [0.1, 0.15) is 5.82 Å². The second kappa shape index (κ2) is 5.75. The van der Waals surface area contributed by atoms with E-state index < -0.39 is 0 Å². The molecule has 0 atom stereocenters. The van der Waals surface area contributed by atoms with E-state index in [0.717, 1.165) is 37.5 Å². The Morgan fingerprint density at radius 2 is 2.19 bits per heavy atom. The molecule has 16 heavy (non-hydrogen) atoms. The van der Waals surface area contributed by atoms with Crippen molar-refractivity contribution in [2.75, 3.05) is 18.9 Å². The van der Waals surface area contributed by atoms with Crippen LogP contribution in [0.15, 0.2) is 12.1 Å². The number of halogens is 1. The topological polar surface area (TPSA) is 48.1 Å². The highest BCUT2D eigenvalue weighted by atomic mass is 35.5. The minimum absolute atomic E-state index is 0.534. The first-order valence-electron chi connectivity index (χ1n) is 5.36. The molecule has 88 valence electrons. The van der Waals surface area contributed by atoms with E-state index >= 15 is 0 Å². The van der Waals surface area contributed by atoms with Gasteiger partial charge in [-0.1, -0.05) is 11.6 Å². The number of pyridine rings is 1. The second-order valence-electron chi connectivity index (χ2n) is 3.79. The third kappa shape index (κ3) is 3.27. The lowest BCUT2D eigenvalue weighted by molar-refractivity contribution is 0.1000. The molecule has 0 amide bonds. The van der Waals surface area contributed by atoms with Crippen LogP contribution in [0.5, 0.6) is 0 Å². The Balaban J connectivity index is 1.90. The number of ether oxygens (including phenoxy) is 1. The highest BCUT2D eigenvalue weighted by molar-refractivity contribution is 7.99. The van der Waals surface area contributed by atoms with Crippen LogP contribution in [-0.4, -0.2) is 23.4 Å². The molecule has 0 bridgehead atoms. The van der Waals surface area contributed by atoms with E-state index in [-0.39, 0.29) is 0 Å². The molecular formula is C11H15ClN2OS. The lowest BCUT2D eigenvalue weighted by Crippen LogP contribution is -2.17. The number of anilines is 1. The van der Waals surface area contributed by atoms with E-state index in [4.69, 9.17) is 22.1 Å². The summed E-state index contributed by atoms with van der Waals surface area (Å²) in [7, 11) is 0. The molecule has 3 nitrogen and oxygen atoms in total. The first kappa shape index (κ1) is 12.0. The molecule has 0 spiro atoms. The predicted molar refractivity (Wildman–Crippen MR) is 68.8 cm³/mol. The number of aromatic nitrogens is 1. The number of rotatable bonds is 3. The third-order valence-electron chi connectivity index (χ3n) is 2.56. The summed E-state index contributed by atoms with van der Waals surface area (Å²) in [6, 6.07) is 3.54. The third-order valence-corrected chi connectivity index (χ3v) is 4.29. The van der Waals surface area contributed by atoms with Crippen molar-refractivity contribution in [3.63, 3.8) is 0 Å². The highest BCUT2D eigenvalue weighted by Crippen LogP contribution is 2.27. The van der Waals surface area contributed by atoms with Crippen LogP contribution in [0, 0.1) is 0 Å². The van der Waals surface area contributed by atoms with Gasteiger partial charge in [-0.25, -0.2) is 4.98 Å². The molecule has 1 saturated heterocycles. The summed E-state index contributed by atoms with van der Waals surface area (Å²) in [6.45, 7) is 1.74. The van der Waals surface area contributed by atoms with Gasteiger partial charge in [0.25, 0.3) is 0 Å². The first-order valence-corrected chi connectivity index (χ1v) is 6.78. The van der Waals surface area contributed by atoms with Gasteiger partial charge in [-0.2, -0.15) is 11.8 Å². The molecule has 2 N–H and O–H groups in total. The zero-order valence-corrected chi connectivity index (χ0v) is 10.6. The molecule has 0 aromatic carbocycles. The molecule has 0 aliphatic carbocycles. The average molecular weight is 259 g/mol. The van der Waals surface area contributed by atoms with Crippen molar-refractivity contribution in [1.82, 2.24) is 4.98 Å². The first-order chi connectivity index (χ1) is 7.75. The van der Waals surface area contributed by atoms with Gasteiger partial charge in [0.2, 0.25) is 0 Å². The molecule has 0 radical (unpaired) electrons. The summed E-state index contributed by atoms with van der Waals surface area (Å²) in [5.41, 5.74) is 6.52. The molecule has 0 unspecified atom stereocenters. The van der Waals surface area contributed by atoms with Crippen molar-refractivity contribution in [2.45, 2.75) is 23.8 Å². The molecule has 1 aliphatic rings. The maximum atomic E-state index is 6.06. The van der Waals surface area contributed by atoms with Gasteiger partial charge in [-0.3, -0.25) is 0 Å². The van der Waals surface area contributed by atoms with Crippen LogP contribution < -0.4 is 5.73 Å². The van der Waals surface area contributed by atoms with Crippen LogP contribution in [0.1, 0.15) is 18.5 Å². The molecule has 1 fully saturated rings. The van der Waals surface area contributed by atoms with Gasteiger partial charge < -0.3 is 10.5 Å². The highest BCUT2D eigenvalue weighted by Gasteiger charge is 2.15. The molecule has 5 heteroatoms. The molecular weight excluding hydrogens is 244 g/mol. The predicted octanol–water partition coefficient (Wildman–Crippen LogP) is 2.73. The number of thioether (sulfide) groups is 1. The molecule has 1 aliphatic heterocycles. The average Bonchev–Trinajstić information content (AvgIpc) is 2.32. The van der Waals surface area contributed by atoms with E-state index in [1.54, 1.807) is 6.07 Å². The minimum Gasteiger partial charge on any atom is -0.384 e. The summed E-state index contributed by atoms with van der Waals surface area (Å²) in [5, 5.41) is 1.36. The van der Waals surface area contributed by atoms with Crippen LogP contribution in [-0.2, 0) is 10.5 Å². The molecule has 1 aromatic heterocycles. The Kier molecular flexibility index (Phi) is 4.32. The van der Waals surface area contributed by atoms with E-state index in [9.17, 15) is 0 Å². The Hall–Kier alpha value is -0.450. The lowest BCUT2D eigenvalue weighted by Gasteiger charge is -2.21. The summed E-state index contributed by atoms with van der Waals surface area (Å²) in [6.07, 6.45) is 2.23. The maximum Gasteiger partial charge on any atom is 0.123 e. The lowest BCUT2D eigenvalue weighted by atomic mass is 10.2. The summed E-state index contributed by atoms with van der Waals surface area (Å²) < 4.78 is 5.32. The van der Waals surface area contributed by atoms with E-state index in [0.29, 0.717) is 16.1 Å². The van der Waals surface area contributed by atoms with Crippen molar-refractivity contribution in [3.05, 3.63) is 22.8 Å². The smallest absolute Gasteiger partial charge is 0.123 e. The van der Waals surface area contributed by atoms with Gasteiger partial charge in [0.05, 0.1) is 10.7 Å². The largest absolute Gasteiger partial charge is 0.384 e. The normalized spacial score (nSPS) is 17.6. The fourth-order valence-electron chi connectivity index (χ4n) is 1.64. The molecule has 0 saturated carbocycles. The Bertz CT molecular complexity index is 356. The summed E-state index contributed by atoms with van der Waals surface area (Å²) in [5.74, 6) is 1.36. The van der Waals surface area contributed by atoms with Crippen molar-refractivity contribution < 1.29 is 4.74 Å². The standard InChI is InChI=1S/C11H15ClN2OS/c12-9-1-2-11(13)14-10(9)7-16-8-3-5-15-6-4-8/h1-2,8H,3-7H2,(H2,13,14). The van der Waals surface area contributed by atoms with Crippen LogP contribution in [0.2, 0.25) is 5.02 Å². The van der Waals surface area contributed by atoms with Gasteiger partial charge >= 0.3 is 0 Å². The van der Waals surface area contributed by atoms with Crippen molar-refractivity contribution in [3.8, 4) is 0 Å². The van der Waals surface area contributed by atoms with Crippen LogP contribution in [0.3, 0.4) is 0 Å². The molecule has 1 aromatic rings. The maximum absolute atomic E-state index is 6.06. The Labute approximate surface area is 105 Å². The number of hydrogen-bond acceptors (Lipinski definition) is 4. The number of nitrogens with two attached hydrogens (primary N) is 1. The van der Waals surface area contributed by atoms with Gasteiger partial charge in [0.15, 0.2) is 0 Å². The van der Waals surface area contributed by atoms with E-state index in [1.165, 1.54) is 0 Å². The molecule has 2 rings (SSSR count). The fourth-order valence-corrected chi connectivity index (χ4v) is 3.03. The number of nitrogens with zero attached hydrogens (tertiary/aromatic N) is 1. The minimum atomic E-state index is 0.534. The van der Waals surface area contributed by atoms with Crippen LogP contribution in [0.4, 0.5) is 5.82 Å². The monoisotopic (exact) mass is 258 g/mol. The van der Waals surface area contributed by atoms with Crippen LogP contribution in [0.25, 0.3) is 0 Å². The number of hydrogen-bond donors (Lipinski definition) is 1. The van der Waals surface area contributed by atoms with Gasteiger partial charge in [0, 0.05) is 24.2 Å². The zero-order chi connectivity index (χ0) is 11.4. The SMILES string of the molecule is Nc1ccc(Cl)c(CSC2CCOCC2)n1. The van der Waals surface area contributed by atoms with Crippen LogP contribution >= 0.6 is 23.4 Å². The second-order valence-corrected chi connectivity index (χ2v) is 5.48. The Morgan fingerprint density at radius 3 is 2.94 bits per heavy atom. The van der Waals surface area contributed by atoms with E-state index in [2.05, 4.69) is 4.98 Å². The van der Waals surface area contributed by atoms with Crippen molar-refractivity contribution in [1.29, 1.82) is 0 Å². The van der Waals surface area contributed by atoms with Gasteiger partial charge in [-0.15, -0.1) is 0 Å². The summed E-state index contributed by atoms with van der Waals surface area (Å²) in [4.78, 5) is 4.25. The van der Waals surface area contributed by atoms with Crippen molar-refractivity contribution in [2.24, 2.45) is 0 Å². The van der Waals surface area contributed by atoms with Gasteiger partial charge in [-0.05, 0) is 25.0 Å². The zero-order valence-electron chi connectivity index (χ0n) is 8.99. The Morgan fingerprint density at radius 1 is 1.44 bits per heavy atom. The van der Waals surface area contributed by atoms with E-state index in [1.807, 2.05) is 17.8 Å². The number of nitrogen functional groups attached to an aromatic ring is 1. The quantitative estimate of drug-likeness (QED) is 0.906. The van der Waals surface area contributed by atoms with Crippen molar-refractivity contribution >= 4 is 29.2 Å². The molecule has 2 heterocycles. The fraction of sp³-hybridized carbons (Fsp3) is 0.545.